The Bertz CT molecular complexity index is 869. The van der Waals surface area contributed by atoms with Gasteiger partial charge in [0.05, 0.1) is 11.1 Å². The first-order chi connectivity index (χ1) is 10.1. The number of hydrogen-bond acceptors (Lipinski definition) is 3. The molecule has 3 aromatic rings. The van der Waals surface area contributed by atoms with Gasteiger partial charge >= 0.3 is 0 Å². The van der Waals surface area contributed by atoms with Crippen molar-refractivity contribution in [1.82, 2.24) is 4.57 Å². The summed E-state index contributed by atoms with van der Waals surface area (Å²) in [5.74, 6) is -0.447. The van der Waals surface area contributed by atoms with E-state index >= 15 is 0 Å². The zero-order valence-corrected chi connectivity index (χ0v) is 11.4. The molecule has 5 heteroatoms. The first-order valence-electron chi connectivity index (χ1n) is 6.49. The van der Waals surface area contributed by atoms with Crippen LogP contribution in [-0.4, -0.2) is 11.6 Å². The van der Waals surface area contributed by atoms with Gasteiger partial charge in [0.1, 0.15) is 5.82 Å². The number of anilines is 2. The standard InChI is InChI=1S/C16H14FN3O/c1-19-15-8-10-6-7-20(12-4-2-11(18)3-5-12)16(21)13(10)9-14(15)17/h2-9,19H,18H2,1H3. The summed E-state index contributed by atoms with van der Waals surface area (Å²) in [4.78, 5) is 12.5. The first kappa shape index (κ1) is 13.2. The van der Waals surface area contributed by atoms with E-state index in [1.54, 1.807) is 49.6 Å². The Morgan fingerprint density at radius 1 is 1.14 bits per heavy atom. The zero-order valence-electron chi connectivity index (χ0n) is 11.4. The average Bonchev–Trinajstić information content (AvgIpc) is 2.49. The Morgan fingerprint density at radius 2 is 1.86 bits per heavy atom. The van der Waals surface area contributed by atoms with Crippen molar-refractivity contribution in [3.63, 3.8) is 0 Å². The molecule has 3 rings (SSSR count). The number of halogens is 1. The van der Waals surface area contributed by atoms with Crippen molar-refractivity contribution < 1.29 is 4.39 Å². The number of pyridine rings is 1. The van der Waals surface area contributed by atoms with Crippen LogP contribution in [0.3, 0.4) is 0 Å². The zero-order chi connectivity index (χ0) is 15.0. The predicted molar refractivity (Wildman–Crippen MR) is 83.5 cm³/mol. The second-order valence-corrected chi connectivity index (χ2v) is 4.75. The number of benzene rings is 2. The minimum atomic E-state index is -0.447. The van der Waals surface area contributed by atoms with Gasteiger partial charge in [-0.2, -0.15) is 0 Å². The SMILES string of the molecule is CNc1cc2ccn(-c3ccc(N)cc3)c(=O)c2cc1F. The van der Waals surface area contributed by atoms with Gasteiger partial charge in [-0.05, 0) is 47.9 Å². The number of nitrogens with zero attached hydrogens (tertiary/aromatic N) is 1. The van der Waals surface area contributed by atoms with Crippen LogP contribution in [0.5, 0.6) is 0 Å². The molecule has 0 radical (unpaired) electrons. The van der Waals surface area contributed by atoms with Crippen LogP contribution in [0.4, 0.5) is 15.8 Å². The maximum absolute atomic E-state index is 13.9. The van der Waals surface area contributed by atoms with Crippen LogP contribution in [0, 0.1) is 5.82 Å². The smallest absolute Gasteiger partial charge is 0.263 e. The highest BCUT2D eigenvalue weighted by molar-refractivity contribution is 5.85. The Balaban J connectivity index is 2.25. The monoisotopic (exact) mass is 283 g/mol. The van der Waals surface area contributed by atoms with E-state index in [4.69, 9.17) is 5.73 Å². The van der Waals surface area contributed by atoms with E-state index in [0.717, 1.165) is 0 Å². The summed E-state index contributed by atoms with van der Waals surface area (Å²) in [6.07, 6.45) is 1.67. The quantitative estimate of drug-likeness (QED) is 0.711. The lowest BCUT2D eigenvalue weighted by molar-refractivity contribution is 0.633. The van der Waals surface area contributed by atoms with Gasteiger partial charge in [0, 0.05) is 24.6 Å². The summed E-state index contributed by atoms with van der Waals surface area (Å²) in [7, 11) is 1.64. The molecule has 1 aromatic heterocycles. The highest BCUT2D eigenvalue weighted by Gasteiger charge is 2.09. The van der Waals surface area contributed by atoms with Crippen molar-refractivity contribution in [3.8, 4) is 5.69 Å². The second-order valence-electron chi connectivity index (χ2n) is 4.75. The van der Waals surface area contributed by atoms with Crippen LogP contribution in [0.25, 0.3) is 16.5 Å². The van der Waals surface area contributed by atoms with E-state index in [9.17, 15) is 9.18 Å². The largest absolute Gasteiger partial charge is 0.399 e. The summed E-state index contributed by atoms with van der Waals surface area (Å²) in [5.41, 5.74) is 7.06. The summed E-state index contributed by atoms with van der Waals surface area (Å²) in [6.45, 7) is 0. The van der Waals surface area contributed by atoms with Gasteiger partial charge in [-0.15, -0.1) is 0 Å². The molecule has 0 atom stereocenters. The molecular formula is C16H14FN3O. The number of aromatic nitrogens is 1. The van der Waals surface area contributed by atoms with E-state index in [-0.39, 0.29) is 5.56 Å². The average molecular weight is 283 g/mol. The third-order valence-electron chi connectivity index (χ3n) is 3.43. The van der Waals surface area contributed by atoms with Gasteiger partial charge in [-0.3, -0.25) is 9.36 Å². The fourth-order valence-corrected chi connectivity index (χ4v) is 2.30. The minimum Gasteiger partial charge on any atom is -0.399 e. The van der Waals surface area contributed by atoms with Crippen molar-refractivity contribution in [2.45, 2.75) is 0 Å². The molecule has 0 saturated carbocycles. The molecule has 0 fully saturated rings. The van der Waals surface area contributed by atoms with E-state index in [2.05, 4.69) is 5.32 Å². The fraction of sp³-hybridized carbons (Fsp3) is 0.0625. The molecule has 0 saturated heterocycles. The molecule has 106 valence electrons. The van der Waals surface area contributed by atoms with Crippen LogP contribution in [0.1, 0.15) is 0 Å². The van der Waals surface area contributed by atoms with Crippen LogP contribution in [0.2, 0.25) is 0 Å². The molecule has 0 spiro atoms. The molecule has 3 N–H and O–H groups in total. The fourth-order valence-electron chi connectivity index (χ4n) is 2.30. The van der Waals surface area contributed by atoms with Crippen molar-refractivity contribution in [2.75, 3.05) is 18.1 Å². The third-order valence-corrected chi connectivity index (χ3v) is 3.43. The number of hydrogen-bond donors (Lipinski definition) is 2. The van der Waals surface area contributed by atoms with Gasteiger partial charge in [0.25, 0.3) is 5.56 Å². The summed E-state index contributed by atoms with van der Waals surface area (Å²) >= 11 is 0. The minimum absolute atomic E-state index is 0.265. The van der Waals surface area contributed by atoms with Gasteiger partial charge in [-0.25, -0.2) is 4.39 Å². The molecule has 0 amide bonds. The van der Waals surface area contributed by atoms with Crippen LogP contribution < -0.4 is 16.6 Å². The molecule has 21 heavy (non-hydrogen) atoms. The van der Waals surface area contributed by atoms with Crippen LogP contribution in [-0.2, 0) is 0 Å². The van der Waals surface area contributed by atoms with Crippen molar-refractivity contribution in [1.29, 1.82) is 0 Å². The van der Waals surface area contributed by atoms with Crippen LogP contribution >= 0.6 is 0 Å². The molecule has 2 aromatic carbocycles. The molecule has 0 aliphatic rings. The number of rotatable bonds is 2. The van der Waals surface area contributed by atoms with Gasteiger partial charge < -0.3 is 11.1 Å². The lowest BCUT2D eigenvalue weighted by Crippen LogP contribution is -2.17. The summed E-state index contributed by atoms with van der Waals surface area (Å²) in [5, 5.41) is 3.79. The highest BCUT2D eigenvalue weighted by Crippen LogP contribution is 2.21. The first-order valence-corrected chi connectivity index (χ1v) is 6.49. The number of nitrogens with one attached hydrogen (secondary N) is 1. The lowest BCUT2D eigenvalue weighted by atomic mass is 10.1. The molecule has 4 nitrogen and oxygen atoms in total. The van der Waals surface area contributed by atoms with E-state index in [0.29, 0.717) is 27.8 Å². The molecule has 0 unspecified atom stereocenters. The normalized spacial score (nSPS) is 10.8. The molecule has 1 heterocycles. The summed E-state index contributed by atoms with van der Waals surface area (Å²) < 4.78 is 15.3. The topological polar surface area (TPSA) is 60.1 Å². The second kappa shape index (κ2) is 4.94. The molecular weight excluding hydrogens is 269 g/mol. The van der Waals surface area contributed by atoms with E-state index < -0.39 is 5.82 Å². The Labute approximate surface area is 120 Å². The molecule has 0 aliphatic heterocycles. The predicted octanol–water partition coefficient (Wildman–Crippen LogP) is 2.75. The van der Waals surface area contributed by atoms with E-state index in [1.165, 1.54) is 10.6 Å². The van der Waals surface area contributed by atoms with Crippen molar-refractivity contribution in [2.24, 2.45) is 0 Å². The molecule has 0 bridgehead atoms. The van der Waals surface area contributed by atoms with E-state index in [1.807, 2.05) is 0 Å². The Kier molecular flexibility index (Phi) is 3.10. The third kappa shape index (κ3) is 2.23. The molecule has 0 aliphatic carbocycles. The number of nitrogens with two attached hydrogens (primary N) is 1. The van der Waals surface area contributed by atoms with Crippen molar-refractivity contribution >= 4 is 22.1 Å². The Morgan fingerprint density at radius 3 is 2.52 bits per heavy atom. The van der Waals surface area contributed by atoms with Crippen LogP contribution in [0.15, 0.2) is 53.5 Å². The Hall–Kier alpha value is -2.82. The van der Waals surface area contributed by atoms with Gasteiger partial charge in [0.15, 0.2) is 0 Å². The maximum Gasteiger partial charge on any atom is 0.263 e. The lowest BCUT2D eigenvalue weighted by Gasteiger charge is -2.09. The number of fused-ring (bicyclic) bond motifs is 1. The number of nitrogen functional groups attached to an aromatic ring is 1. The maximum atomic E-state index is 13.9. The van der Waals surface area contributed by atoms with Crippen molar-refractivity contribution in [3.05, 3.63) is 64.8 Å². The highest BCUT2D eigenvalue weighted by atomic mass is 19.1. The van der Waals surface area contributed by atoms with Gasteiger partial charge in [-0.1, -0.05) is 0 Å². The summed E-state index contributed by atoms with van der Waals surface area (Å²) in [6, 6.07) is 11.6. The van der Waals surface area contributed by atoms with Gasteiger partial charge in [0.2, 0.25) is 0 Å².